The quantitative estimate of drug-likeness (QED) is 0.818. The molecular weight excluding hydrogens is 236 g/mol. The molecule has 1 atom stereocenters. The van der Waals surface area contributed by atoms with Gasteiger partial charge in [0.05, 0.1) is 6.54 Å². The summed E-state index contributed by atoms with van der Waals surface area (Å²) < 4.78 is 0. The van der Waals surface area contributed by atoms with Gasteiger partial charge < -0.3 is 10.2 Å². The van der Waals surface area contributed by atoms with E-state index in [1.165, 1.54) is 17.5 Å². The van der Waals surface area contributed by atoms with Gasteiger partial charge in [-0.05, 0) is 36.9 Å². The van der Waals surface area contributed by atoms with Crippen LogP contribution in [0.4, 0.5) is 0 Å². The van der Waals surface area contributed by atoms with Crippen molar-refractivity contribution in [2.75, 3.05) is 27.2 Å². The Labute approximate surface area is 117 Å². The Kier molecular flexibility index (Phi) is 6.57. The van der Waals surface area contributed by atoms with E-state index >= 15 is 0 Å². The molecule has 1 aromatic rings. The highest BCUT2D eigenvalue weighted by atomic mass is 16.2. The third-order valence-corrected chi connectivity index (χ3v) is 3.65. The molecular formula is C16H26N2O. The fourth-order valence-electron chi connectivity index (χ4n) is 1.96. The Hall–Kier alpha value is -1.35. The average molecular weight is 262 g/mol. The van der Waals surface area contributed by atoms with Gasteiger partial charge in [0.15, 0.2) is 0 Å². The molecule has 0 spiro atoms. The minimum absolute atomic E-state index is 0.138. The molecule has 0 fully saturated rings. The van der Waals surface area contributed by atoms with Gasteiger partial charge in [-0.25, -0.2) is 0 Å². The van der Waals surface area contributed by atoms with Crippen molar-refractivity contribution in [2.24, 2.45) is 0 Å². The Morgan fingerprint density at radius 3 is 2.47 bits per heavy atom. The van der Waals surface area contributed by atoms with Gasteiger partial charge in [0.25, 0.3) is 0 Å². The number of carbonyl (C=O) groups is 1. The number of nitrogens with one attached hydrogen (secondary N) is 1. The fraction of sp³-hybridized carbons (Fsp3) is 0.562. The van der Waals surface area contributed by atoms with Gasteiger partial charge in [0.1, 0.15) is 0 Å². The monoisotopic (exact) mass is 262 g/mol. The molecule has 0 saturated heterocycles. The molecule has 0 radical (unpaired) electrons. The van der Waals surface area contributed by atoms with Crippen molar-refractivity contribution in [2.45, 2.75) is 32.6 Å². The third-order valence-electron chi connectivity index (χ3n) is 3.65. The summed E-state index contributed by atoms with van der Waals surface area (Å²) in [5.41, 5.74) is 2.68. The molecule has 0 heterocycles. The summed E-state index contributed by atoms with van der Waals surface area (Å²) >= 11 is 0. The molecule has 0 aromatic heterocycles. The highest BCUT2D eigenvalue weighted by molar-refractivity contribution is 5.77. The number of hydrogen-bond acceptors (Lipinski definition) is 2. The molecule has 0 aliphatic rings. The molecule has 0 aliphatic heterocycles. The van der Waals surface area contributed by atoms with E-state index in [4.69, 9.17) is 0 Å². The maximum absolute atomic E-state index is 11.6. The Morgan fingerprint density at radius 1 is 1.32 bits per heavy atom. The van der Waals surface area contributed by atoms with Crippen molar-refractivity contribution in [3.8, 4) is 0 Å². The maximum atomic E-state index is 11.6. The standard InChI is InChI=1S/C16H26N2O/c1-5-13(2)15-8-6-14(7-9-15)10-11-18(4)16(19)12-17-3/h6-9,13,17H,5,10-12H2,1-4H3. The average Bonchev–Trinajstić information content (AvgIpc) is 2.44. The van der Waals surface area contributed by atoms with Crippen LogP contribution in [-0.4, -0.2) is 38.0 Å². The number of rotatable bonds is 7. The van der Waals surface area contributed by atoms with Gasteiger partial charge in [-0.15, -0.1) is 0 Å². The molecule has 3 heteroatoms. The van der Waals surface area contributed by atoms with E-state index in [-0.39, 0.29) is 5.91 Å². The summed E-state index contributed by atoms with van der Waals surface area (Å²) in [6.45, 7) is 5.63. The van der Waals surface area contributed by atoms with E-state index in [0.717, 1.165) is 13.0 Å². The Morgan fingerprint density at radius 2 is 1.95 bits per heavy atom. The predicted molar refractivity (Wildman–Crippen MR) is 80.4 cm³/mol. The Bertz CT molecular complexity index is 386. The van der Waals surface area contributed by atoms with Crippen molar-refractivity contribution in [1.82, 2.24) is 10.2 Å². The van der Waals surface area contributed by atoms with Crippen LogP contribution in [0.5, 0.6) is 0 Å². The Balaban J connectivity index is 2.48. The SMILES string of the molecule is CCC(C)c1ccc(CCN(C)C(=O)CNC)cc1. The highest BCUT2D eigenvalue weighted by Gasteiger charge is 2.07. The van der Waals surface area contributed by atoms with Crippen molar-refractivity contribution in [3.63, 3.8) is 0 Å². The third kappa shape index (κ3) is 5.03. The number of likely N-dealkylation sites (N-methyl/N-ethyl adjacent to an activating group) is 2. The van der Waals surface area contributed by atoms with E-state index in [1.54, 1.807) is 11.9 Å². The summed E-state index contributed by atoms with van der Waals surface area (Å²) in [5, 5.41) is 2.88. The first-order valence-electron chi connectivity index (χ1n) is 7.05. The van der Waals surface area contributed by atoms with Crippen molar-refractivity contribution < 1.29 is 4.79 Å². The van der Waals surface area contributed by atoms with Crippen LogP contribution in [0.1, 0.15) is 37.3 Å². The van der Waals surface area contributed by atoms with Crippen LogP contribution in [0, 0.1) is 0 Å². The number of carbonyl (C=O) groups excluding carboxylic acids is 1. The second-order valence-corrected chi connectivity index (χ2v) is 5.15. The molecule has 1 rings (SSSR count). The summed E-state index contributed by atoms with van der Waals surface area (Å²) in [6.07, 6.45) is 2.08. The van der Waals surface area contributed by atoms with Crippen LogP contribution in [0.3, 0.4) is 0 Å². The second-order valence-electron chi connectivity index (χ2n) is 5.15. The van der Waals surface area contributed by atoms with E-state index in [1.807, 2.05) is 7.05 Å². The molecule has 0 bridgehead atoms. The fourth-order valence-corrected chi connectivity index (χ4v) is 1.96. The zero-order chi connectivity index (χ0) is 14.3. The van der Waals surface area contributed by atoms with Gasteiger partial charge in [-0.3, -0.25) is 4.79 Å². The summed E-state index contributed by atoms with van der Waals surface area (Å²) in [7, 11) is 3.65. The van der Waals surface area contributed by atoms with E-state index in [2.05, 4.69) is 43.4 Å². The van der Waals surface area contributed by atoms with Crippen LogP contribution < -0.4 is 5.32 Å². The minimum Gasteiger partial charge on any atom is -0.344 e. The lowest BCUT2D eigenvalue weighted by atomic mass is 9.97. The van der Waals surface area contributed by atoms with Crippen LogP contribution >= 0.6 is 0 Å². The van der Waals surface area contributed by atoms with Crippen molar-refractivity contribution in [1.29, 1.82) is 0 Å². The zero-order valence-electron chi connectivity index (χ0n) is 12.6. The van der Waals surface area contributed by atoms with Gasteiger partial charge in [0, 0.05) is 13.6 Å². The normalized spacial score (nSPS) is 12.2. The molecule has 3 nitrogen and oxygen atoms in total. The van der Waals surface area contributed by atoms with Crippen LogP contribution in [-0.2, 0) is 11.2 Å². The van der Waals surface area contributed by atoms with Crippen LogP contribution in [0.25, 0.3) is 0 Å². The lowest BCUT2D eigenvalue weighted by molar-refractivity contribution is -0.128. The van der Waals surface area contributed by atoms with Crippen LogP contribution in [0.15, 0.2) is 24.3 Å². The largest absolute Gasteiger partial charge is 0.344 e. The molecule has 1 N–H and O–H groups in total. The van der Waals surface area contributed by atoms with Gasteiger partial charge in [-0.1, -0.05) is 38.1 Å². The molecule has 0 aliphatic carbocycles. The molecule has 0 saturated carbocycles. The minimum atomic E-state index is 0.138. The number of amides is 1. The summed E-state index contributed by atoms with van der Waals surface area (Å²) in [6, 6.07) is 8.77. The lowest BCUT2D eigenvalue weighted by Gasteiger charge is -2.17. The first-order chi connectivity index (χ1) is 9.08. The highest BCUT2D eigenvalue weighted by Crippen LogP contribution is 2.18. The van der Waals surface area contributed by atoms with Crippen molar-refractivity contribution >= 4 is 5.91 Å². The second kappa shape index (κ2) is 7.95. The molecule has 1 amide bonds. The van der Waals surface area contributed by atoms with E-state index in [9.17, 15) is 4.79 Å². The first-order valence-corrected chi connectivity index (χ1v) is 7.05. The molecule has 1 unspecified atom stereocenters. The van der Waals surface area contributed by atoms with Gasteiger partial charge in [-0.2, -0.15) is 0 Å². The van der Waals surface area contributed by atoms with E-state index < -0.39 is 0 Å². The smallest absolute Gasteiger partial charge is 0.236 e. The predicted octanol–water partition coefficient (Wildman–Crippen LogP) is 2.42. The summed E-state index contributed by atoms with van der Waals surface area (Å²) in [5.74, 6) is 0.757. The molecule has 106 valence electrons. The summed E-state index contributed by atoms with van der Waals surface area (Å²) in [4.78, 5) is 13.4. The lowest BCUT2D eigenvalue weighted by Crippen LogP contribution is -2.35. The number of hydrogen-bond donors (Lipinski definition) is 1. The topological polar surface area (TPSA) is 32.3 Å². The molecule has 1 aromatic carbocycles. The van der Waals surface area contributed by atoms with E-state index in [0.29, 0.717) is 12.5 Å². The van der Waals surface area contributed by atoms with Gasteiger partial charge in [0.2, 0.25) is 5.91 Å². The maximum Gasteiger partial charge on any atom is 0.236 e. The first kappa shape index (κ1) is 15.7. The van der Waals surface area contributed by atoms with Crippen LogP contribution in [0.2, 0.25) is 0 Å². The number of benzene rings is 1. The zero-order valence-corrected chi connectivity index (χ0v) is 12.6. The van der Waals surface area contributed by atoms with Gasteiger partial charge >= 0.3 is 0 Å². The van der Waals surface area contributed by atoms with Crippen molar-refractivity contribution in [3.05, 3.63) is 35.4 Å². The number of nitrogens with zero attached hydrogens (tertiary/aromatic N) is 1. The molecule has 19 heavy (non-hydrogen) atoms.